The standard InChI is InChI=1S/C23H35BN2O3/c1-15(27)29-14-22(4)16-7-11-23-12-19(28)20(2,13-23)9-6-17(23)21(16,3)10-8-18(22)25-26-24-5/h16-18H,5-14H2,1-4H3/t16-,17-,18+,20-,21+,22-,23-/m0/s1. The van der Waals surface area contributed by atoms with Gasteiger partial charge in [0.2, 0.25) is 0 Å². The SMILES string of the molecule is C=BN=N[C@@H]1CC[C@]2(C)[C@H](CC[C@@]34CC(=O)[C@@](C)(CC[C@H]32)C4)[C@]1(C)COC(C)=O. The summed E-state index contributed by atoms with van der Waals surface area (Å²) in [5, 5.41) is 8.71. The van der Waals surface area contributed by atoms with Gasteiger partial charge in [-0.2, -0.15) is 0 Å². The quantitative estimate of drug-likeness (QED) is 0.400. The molecule has 158 valence electrons. The van der Waals surface area contributed by atoms with E-state index in [9.17, 15) is 9.59 Å². The fraction of sp³-hybridized carbons (Fsp3) is 0.870. The first-order valence-corrected chi connectivity index (χ1v) is 11.3. The van der Waals surface area contributed by atoms with Gasteiger partial charge in [0.05, 0.1) is 0 Å². The van der Waals surface area contributed by atoms with Crippen molar-refractivity contribution < 1.29 is 14.3 Å². The molecular weight excluding hydrogens is 363 g/mol. The number of ketones is 1. The van der Waals surface area contributed by atoms with E-state index in [-0.39, 0.29) is 33.7 Å². The molecule has 6 heteroatoms. The van der Waals surface area contributed by atoms with Crippen molar-refractivity contribution >= 4 is 25.3 Å². The van der Waals surface area contributed by atoms with Crippen molar-refractivity contribution in [2.45, 2.75) is 85.1 Å². The van der Waals surface area contributed by atoms with Crippen LogP contribution in [0.4, 0.5) is 0 Å². The zero-order chi connectivity index (χ0) is 21.1. The van der Waals surface area contributed by atoms with E-state index in [0.29, 0.717) is 24.2 Å². The van der Waals surface area contributed by atoms with Crippen LogP contribution in [0.2, 0.25) is 0 Å². The molecule has 5 nitrogen and oxygen atoms in total. The van der Waals surface area contributed by atoms with E-state index in [1.807, 2.05) is 0 Å². The van der Waals surface area contributed by atoms with Crippen molar-refractivity contribution in [3.8, 4) is 0 Å². The molecule has 0 N–H and O–H groups in total. The van der Waals surface area contributed by atoms with Gasteiger partial charge < -0.3 is 0 Å². The minimum absolute atomic E-state index is 0.0334. The maximum atomic E-state index is 12.9. The van der Waals surface area contributed by atoms with Crippen LogP contribution in [-0.2, 0) is 14.3 Å². The van der Waals surface area contributed by atoms with Gasteiger partial charge in [0, 0.05) is 0 Å². The topological polar surface area (TPSA) is 68.1 Å². The Morgan fingerprint density at radius 1 is 1.17 bits per heavy atom. The molecule has 0 aromatic rings. The van der Waals surface area contributed by atoms with Crippen molar-refractivity contribution in [1.82, 2.24) is 0 Å². The fourth-order valence-corrected chi connectivity index (χ4v) is 8.31. The van der Waals surface area contributed by atoms with Crippen LogP contribution in [-0.4, -0.2) is 37.9 Å². The number of Topliss-reactive ketones (excluding diaryl/α,β-unsaturated/α-hetero) is 1. The minimum atomic E-state index is -0.240. The summed E-state index contributed by atoms with van der Waals surface area (Å²) in [5.74, 6) is 1.24. The molecule has 0 aromatic heterocycles. The van der Waals surface area contributed by atoms with Gasteiger partial charge in [-0.25, -0.2) is 0 Å². The van der Waals surface area contributed by atoms with Gasteiger partial charge in [-0.15, -0.1) is 0 Å². The average molecular weight is 398 g/mol. The summed E-state index contributed by atoms with van der Waals surface area (Å²) >= 11 is 0. The van der Waals surface area contributed by atoms with Crippen LogP contribution < -0.4 is 0 Å². The van der Waals surface area contributed by atoms with E-state index < -0.39 is 0 Å². The molecule has 4 aliphatic rings. The van der Waals surface area contributed by atoms with E-state index in [1.54, 1.807) is 0 Å². The van der Waals surface area contributed by atoms with Crippen LogP contribution in [0.25, 0.3) is 0 Å². The zero-order valence-electron chi connectivity index (χ0n) is 18.5. The molecule has 0 heterocycles. The normalized spacial score (nSPS) is 48.7. The third-order valence-corrected chi connectivity index (χ3v) is 9.56. The van der Waals surface area contributed by atoms with E-state index in [4.69, 9.17) is 4.74 Å². The average Bonchev–Trinajstić information content (AvgIpc) is 2.83. The van der Waals surface area contributed by atoms with Gasteiger partial charge in [-0.05, 0) is 0 Å². The van der Waals surface area contributed by atoms with Crippen LogP contribution in [0.3, 0.4) is 0 Å². The number of carbonyl (C=O) groups excluding carboxylic acids is 2. The number of carbonyl (C=O) groups is 2. The first kappa shape index (κ1) is 20.9. The van der Waals surface area contributed by atoms with Gasteiger partial charge in [-0.3, -0.25) is 0 Å². The predicted octanol–water partition coefficient (Wildman–Crippen LogP) is 4.40. The molecule has 0 unspecified atom stereocenters. The molecule has 0 radical (unpaired) electrons. The molecule has 0 amide bonds. The van der Waals surface area contributed by atoms with Crippen LogP contribution in [0.5, 0.6) is 0 Å². The Hall–Kier alpha value is -1.33. The van der Waals surface area contributed by atoms with Crippen LogP contribution in [0.1, 0.15) is 79.1 Å². The fourth-order valence-electron chi connectivity index (χ4n) is 8.31. The summed E-state index contributed by atoms with van der Waals surface area (Å²) in [6.45, 7) is 12.5. The molecule has 0 aromatic carbocycles. The van der Waals surface area contributed by atoms with Gasteiger partial charge in [0.15, 0.2) is 0 Å². The van der Waals surface area contributed by atoms with Gasteiger partial charge >= 0.3 is 175 Å². The van der Waals surface area contributed by atoms with Gasteiger partial charge in [0.1, 0.15) is 0 Å². The number of ether oxygens (including phenoxy) is 1. The number of esters is 1. The molecular formula is C23H35BN2O3. The van der Waals surface area contributed by atoms with Crippen LogP contribution in [0.15, 0.2) is 10.1 Å². The van der Waals surface area contributed by atoms with Crippen molar-refractivity contribution in [2.24, 2.45) is 43.6 Å². The molecule has 0 saturated heterocycles. The summed E-state index contributed by atoms with van der Waals surface area (Å²) in [6.07, 6.45) is 8.27. The second kappa shape index (κ2) is 6.85. The van der Waals surface area contributed by atoms with Crippen molar-refractivity contribution in [3.05, 3.63) is 0 Å². The Bertz CT molecular complexity index is 769. The number of nitrogens with zero attached hydrogens (tertiary/aromatic N) is 2. The maximum absolute atomic E-state index is 12.9. The molecule has 0 aliphatic heterocycles. The zero-order valence-corrected chi connectivity index (χ0v) is 18.5. The molecule has 4 fully saturated rings. The third kappa shape index (κ3) is 2.99. The summed E-state index contributed by atoms with van der Waals surface area (Å²) in [7, 11) is 1.49. The molecule has 2 bridgehead atoms. The second-order valence-electron chi connectivity index (χ2n) is 11.1. The van der Waals surface area contributed by atoms with E-state index >= 15 is 0 Å². The second-order valence-corrected chi connectivity index (χ2v) is 11.1. The van der Waals surface area contributed by atoms with Crippen molar-refractivity contribution in [2.75, 3.05) is 6.61 Å². The Kier molecular flexibility index (Phi) is 4.94. The van der Waals surface area contributed by atoms with Crippen LogP contribution >= 0.6 is 0 Å². The Balaban J connectivity index is 1.70. The molecule has 7 atom stereocenters. The third-order valence-electron chi connectivity index (χ3n) is 9.56. The summed E-state index contributed by atoms with van der Waals surface area (Å²) in [5.41, 5.74) is 0.0126. The molecule has 1 spiro atoms. The van der Waals surface area contributed by atoms with E-state index in [2.05, 4.69) is 37.4 Å². The Morgan fingerprint density at radius 2 is 1.90 bits per heavy atom. The molecule has 4 rings (SSSR count). The molecule has 29 heavy (non-hydrogen) atoms. The Morgan fingerprint density at radius 3 is 2.59 bits per heavy atom. The number of hydrogen-bond donors (Lipinski definition) is 0. The van der Waals surface area contributed by atoms with E-state index in [0.717, 1.165) is 51.4 Å². The van der Waals surface area contributed by atoms with Crippen molar-refractivity contribution in [3.63, 3.8) is 0 Å². The van der Waals surface area contributed by atoms with E-state index in [1.165, 1.54) is 14.0 Å². The summed E-state index contributed by atoms with van der Waals surface area (Å²) in [4.78, 5) is 24.5. The number of hydrogen-bond acceptors (Lipinski definition) is 5. The monoisotopic (exact) mass is 398 g/mol. The van der Waals surface area contributed by atoms with Crippen molar-refractivity contribution in [1.29, 1.82) is 0 Å². The Labute approximate surface area is 175 Å². The number of rotatable bonds is 4. The number of fused-ring (bicyclic) bond motifs is 3. The first-order valence-electron chi connectivity index (χ1n) is 11.3. The van der Waals surface area contributed by atoms with Gasteiger partial charge in [-0.1, -0.05) is 0 Å². The summed E-state index contributed by atoms with van der Waals surface area (Å²) < 4.78 is 5.60. The van der Waals surface area contributed by atoms with Crippen LogP contribution in [0, 0.1) is 33.5 Å². The first-order chi connectivity index (χ1) is 13.6. The molecule has 4 saturated carbocycles. The van der Waals surface area contributed by atoms with Gasteiger partial charge in [0.25, 0.3) is 0 Å². The summed E-state index contributed by atoms with van der Waals surface area (Å²) in [6, 6.07) is 0.0334. The molecule has 4 aliphatic carbocycles. The predicted molar refractivity (Wildman–Crippen MR) is 114 cm³/mol.